The smallest absolute Gasteiger partial charge is 0.244 e. The first-order valence-electron chi connectivity index (χ1n) is 11.4. The van der Waals surface area contributed by atoms with Gasteiger partial charge in [-0.05, 0) is 60.7 Å². The molecule has 1 atom stereocenters. The number of carbonyl (C=O) groups is 2. The van der Waals surface area contributed by atoms with Crippen LogP contribution in [0.15, 0.2) is 46.9 Å². The molecule has 0 unspecified atom stereocenters. The van der Waals surface area contributed by atoms with E-state index in [0.29, 0.717) is 23.7 Å². The average Bonchev–Trinajstić information content (AvgIpc) is 2.78. The molecule has 2 aromatic rings. The van der Waals surface area contributed by atoms with Crippen molar-refractivity contribution in [3.05, 3.63) is 63.1 Å². The van der Waals surface area contributed by atoms with Gasteiger partial charge in [-0.2, -0.15) is 0 Å². The van der Waals surface area contributed by atoms with Crippen molar-refractivity contribution in [3.63, 3.8) is 0 Å². The minimum atomic E-state index is -3.78. The van der Waals surface area contributed by atoms with Crippen LogP contribution >= 0.6 is 27.5 Å². The summed E-state index contributed by atoms with van der Waals surface area (Å²) in [5, 5.41) is 3.46. The molecule has 1 N–H and O–H groups in total. The van der Waals surface area contributed by atoms with Crippen molar-refractivity contribution < 1.29 is 18.0 Å². The van der Waals surface area contributed by atoms with E-state index in [2.05, 4.69) is 21.2 Å². The zero-order chi connectivity index (χ0) is 26.3. The van der Waals surface area contributed by atoms with Gasteiger partial charge in [-0.3, -0.25) is 13.9 Å². The Bertz CT molecular complexity index is 1140. The molecule has 0 saturated carbocycles. The second-order valence-corrected chi connectivity index (χ2v) is 12.1. The lowest BCUT2D eigenvalue weighted by molar-refractivity contribution is -0.140. The van der Waals surface area contributed by atoms with Gasteiger partial charge in [0, 0.05) is 22.6 Å². The maximum atomic E-state index is 13.6. The van der Waals surface area contributed by atoms with Crippen molar-refractivity contribution >= 4 is 55.1 Å². The average molecular weight is 587 g/mol. The van der Waals surface area contributed by atoms with Crippen molar-refractivity contribution in [1.29, 1.82) is 0 Å². The van der Waals surface area contributed by atoms with E-state index in [0.717, 1.165) is 26.2 Å². The van der Waals surface area contributed by atoms with Crippen molar-refractivity contribution in [3.8, 4) is 0 Å². The fourth-order valence-corrected chi connectivity index (χ4v) is 4.74. The van der Waals surface area contributed by atoms with Crippen molar-refractivity contribution in [2.24, 2.45) is 5.92 Å². The molecule has 0 heterocycles. The monoisotopic (exact) mass is 585 g/mol. The number of hydrogen-bond acceptors (Lipinski definition) is 4. The van der Waals surface area contributed by atoms with Gasteiger partial charge in [0.05, 0.1) is 11.9 Å². The minimum absolute atomic E-state index is 0.139. The zero-order valence-electron chi connectivity index (χ0n) is 20.7. The van der Waals surface area contributed by atoms with Gasteiger partial charge in [-0.15, -0.1) is 0 Å². The van der Waals surface area contributed by atoms with Gasteiger partial charge in [0.15, 0.2) is 0 Å². The summed E-state index contributed by atoms with van der Waals surface area (Å²) in [7, 11) is -3.78. The van der Waals surface area contributed by atoms with E-state index in [4.69, 9.17) is 11.6 Å². The quantitative estimate of drug-likeness (QED) is 0.412. The summed E-state index contributed by atoms with van der Waals surface area (Å²) in [6, 6.07) is 11.3. The molecule has 10 heteroatoms. The summed E-state index contributed by atoms with van der Waals surface area (Å²) in [5.74, 6) is -0.496. The molecular weight excluding hydrogens is 554 g/mol. The number of aryl methyl sites for hydroxylation is 1. The van der Waals surface area contributed by atoms with E-state index in [9.17, 15) is 18.0 Å². The van der Waals surface area contributed by atoms with E-state index in [1.165, 1.54) is 4.90 Å². The number of benzene rings is 2. The third kappa shape index (κ3) is 8.51. The highest BCUT2D eigenvalue weighted by Crippen LogP contribution is 2.25. The van der Waals surface area contributed by atoms with Gasteiger partial charge in [-0.1, -0.05) is 60.4 Å². The largest absolute Gasteiger partial charge is 0.354 e. The SMILES string of the molecule is CC[C@@H](C(=O)NCC(C)C)N(Cc1ccc(Cl)cc1)C(=O)CN(c1ccc(Br)c(C)c1)S(C)(=O)=O. The molecular formula is C25H33BrClN3O4S. The normalized spacial score (nSPS) is 12.3. The maximum Gasteiger partial charge on any atom is 0.244 e. The first-order valence-corrected chi connectivity index (χ1v) is 14.4. The summed E-state index contributed by atoms with van der Waals surface area (Å²) in [6.07, 6.45) is 1.44. The molecule has 192 valence electrons. The Morgan fingerprint density at radius 1 is 1.11 bits per heavy atom. The van der Waals surface area contributed by atoms with Crippen LogP contribution in [0.4, 0.5) is 5.69 Å². The number of rotatable bonds is 11. The third-order valence-electron chi connectivity index (χ3n) is 5.45. The topological polar surface area (TPSA) is 86.8 Å². The van der Waals surface area contributed by atoms with E-state index >= 15 is 0 Å². The minimum Gasteiger partial charge on any atom is -0.354 e. The second kappa shape index (κ2) is 12.7. The Balaban J connectivity index is 2.43. The first-order chi connectivity index (χ1) is 16.3. The Morgan fingerprint density at radius 3 is 2.26 bits per heavy atom. The van der Waals surface area contributed by atoms with Gasteiger partial charge in [-0.25, -0.2) is 8.42 Å². The molecule has 7 nitrogen and oxygen atoms in total. The highest BCUT2D eigenvalue weighted by Gasteiger charge is 2.31. The molecule has 0 aliphatic carbocycles. The number of hydrogen-bond donors (Lipinski definition) is 1. The second-order valence-electron chi connectivity index (χ2n) is 8.91. The van der Waals surface area contributed by atoms with E-state index in [1.807, 2.05) is 27.7 Å². The van der Waals surface area contributed by atoms with E-state index < -0.39 is 28.5 Å². The fourth-order valence-electron chi connectivity index (χ4n) is 3.53. The Hall–Kier alpha value is -2.10. The molecule has 2 rings (SSSR count). The molecule has 0 aromatic heterocycles. The lowest BCUT2D eigenvalue weighted by Crippen LogP contribution is -2.52. The molecule has 2 aromatic carbocycles. The van der Waals surface area contributed by atoms with Crippen LogP contribution in [0.2, 0.25) is 5.02 Å². The van der Waals surface area contributed by atoms with Gasteiger partial charge < -0.3 is 10.2 Å². The van der Waals surface area contributed by atoms with E-state index in [1.54, 1.807) is 42.5 Å². The van der Waals surface area contributed by atoms with Gasteiger partial charge in [0.2, 0.25) is 21.8 Å². The van der Waals surface area contributed by atoms with Gasteiger partial charge >= 0.3 is 0 Å². The molecule has 35 heavy (non-hydrogen) atoms. The van der Waals surface area contributed by atoms with Crippen molar-refractivity contribution in [2.75, 3.05) is 23.7 Å². The Kier molecular flexibility index (Phi) is 10.6. The summed E-state index contributed by atoms with van der Waals surface area (Å²) in [5.41, 5.74) is 2.00. The number of amides is 2. The summed E-state index contributed by atoms with van der Waals surface area (Å²) < 4.78 is 27.3. The van der Waals surface area contributed by atoms with Crippen LogP contribution < -0.4 is 9.62 Å². The van der Waals surface area contributed by atoms with Crippen LogP contribution in [-0.2, 0) is 26.2 Å². The molecule has 0 spiro atoms. The predicted octanol–water partition coefficient (Wildman–Crippen LogP) is 4.76. The van der Waals surface area contributed by atoms with Crippen LogP contribution in [-0.4, -0.2) is 50.5 Å². The molecule has 0 radical (unpaired) electrons. The molecule has 0 aliphatic rings. The van der Waals surface area contributed by atoms with Crippen molar-refractivity contribution in [2.45, 2.75) is 46.7 Å². The van der Waals surface area contributed by atoms with Crippen molar-refractivity contribution in [1.82, 2.24) is 10.2 Å². The highest BCUT2D eigenvalue weighted by atomic mass is 79.9. The summed E-state index contributed by atoms with van der Waals surface area (Å²) in [6.45, 7) is 7.83. The van der Waals surface area contributed by atoms with Crippen LogP contribution in [0.1, 0.15) is 38.3 Å². The predicted molar refractivity (Wildman–Crippen MR) is 145 cm³/mol. The van der Waals surface area contributed by atoms with Gasteiger partial charge in [0.1, 0.15) is 12.6 Å². The Labute approximate surface area is 222 Å². The van der Waals surface area contributed by atoms with E-state index in [-0.39, 0.29) is 18.4 Å². The number of sulfonamides is 1. The molecule has 0 aliphatic heterocycles. The lowest BCUT2D eigenvalue weighted by atomic mass is 10.1. The Morgan fingerprint density at radius 2 is 1.74 bits per heavy atom. The zero-order valence-corrected chi connectivity index (χ0v) is 23.9. The summed E-state index contributed by atoms with van der Waals surface area (Å²) >= 11 is 9.43. The van der Waals surface area contributed by atoms with Gasteiger partial charge in [0.25, 0.3) is 0 Å². The molecule has 0 bridgehead atoms. The molecule has 0 fully saturated rings. The number of anilines is 1. The lowest BCUT2D eigenvalue weighted by Gasteiger charge is -2.33. The standard InChI is InChI=1S/C25H33BrClN3O4S/c1-6-23(25(32)28-14-17(2)3)29(15-19-7-9-20(27)10-8-19)24(31)16-30(35(5,33)34)21-11-12-22(26)18(4)13-21/h7-13,17,23H,6,14-16H2,1-5H3,(H,28,32)/t23-/m0/s1. The number of nitrogens with one attached hydrogen (secondary N) is 1. The molecule has 0 saturated heterocycles. The fraction of sp³-hybridized carbons (Fsp3) is 0.440. The van der Waals surface area contributed by atoms with Crippen LogP contribution in [0.5, 0.6) is 0 Å². The number of nitrogens with zero attached hydrogens (tertiary/aromatic N) is 2. The highest BCUT2D eigenvalue weighted by molar-refractivity contribution is 9.10. The number of halogens is 2. The summed E-state index contributed by atoms with van der Waals surface area (Å²) in [4.78, 5) is 28.1. The molecule has 2 amide bonds. The van der Waals surface area contributed by atoms with Crippen LogP contribution in [0.25, 0.3) is 0 Å². The maximum absolute atomic E-state index is 13.6. The van der Waals surface area contributed by atoms with Crippen LogP contribution in [0.3, 0.4) is 0 Å². The first kappa shape index (κ1) is 29.1. The third-order valence-corrected chi connectivity index (χ3v) is 7.73. The number of carbonyl (C=O) groups excluding carboxylic acids is 2. The van der Waals surface area contributed by atoms with Crippen LogP contribution in [0, 0.1) is 12.8 Å².